The first kappa shape index (κ1) is 34.9. The third-order valence-electron chi connectivity index (χ3n) is 8.30. The van der Waals surface area contributed by atoms with Crippen LogP contribution < -0.4 is 9.62 Å². The number of hydrogen-bond donors (Lipinski definition) is 1. The van der Waals surface area contributed by atoms with E-state index in [9.17, 15) is 28.1 Å². The number of benzene rings is 4. The van der Waals surface area contributed by atoms with Gasteiger partial charge in [-0.15, -0.1) is 0 Å². The van der Waals surface area contributed by atoms with Crippen LogP contribution in [0, 0.1) is 10.1 Å². The standard InChI is InChI=1S/C35H34Cl2N4O6S/c36-31-19-10-20-32(37)30(31)23-39(33(21-25-11-3-1-4-12-25)35(43)38-26-13-7-8-14-26)34(42)24-40(27-15-9-16-28(22-27)41(44)45)48(46,47)29-17-5-2-6-18-29/h1-6,9-12,15-20,22,26,33H,7-8,13-14,21,23-24H2,(H,38,43)/t33-/m0/s1. The number of halogens is 2. The van der Waals surface area contributed by atoms with Crippen molar-refractivity contribution in [2.75, 3.05) is 10.8 Å². The Morgan fingerprint density at radius 2 is 1.48 bits per heavy atom. The molecule has 13 heteroatoms. The van der Waals surface area contributed by atoms with E-state index >= 15 is 0 Å². The van der Waals surface area contributed by atoms with Crippen LogP contribution in [-0.2, 0) is 32.6 Å². The fraction of sp³-hybridized carbons (Fsp3) is 0.257. The van der Waals surface area contributed by atoms with Crippen LogP contribution in [0.2, 0.25) is 10.0 Å². The molecule has 0 heterocycles. The molecule has 2 amide bonds. The summed E-state index contributed by atoms with van der Waals surface area (Å²) >= 11 is 13.1. The number of nitro benzene ring substituents is 1. The summed E-state index contributed by atoms with van der Waals surface area (Å²) in [7, 11) is -4.43. The van der Waals surface area contributed by atoms with Crippen LogP contribution in [0.25, 0.3) is 0 Å². The predicted molar refractivity (Wildman–Crippen MR) is 185 cm³/mol. The van der Waals surface area contributed by atoms with Crippen LogP contribution in [0.5, 0.6) is 0 Å². The van der Waals surface area contributed by atoms with Crippen molar-refractivity contribution in [2.45, 2.75) is 55.6 Å². The normalized spacial score (nSPS) is 13.9. The molecule has 0 radical (unpaired) electrons. The van der Waals surface area contributed by atoms with E-state index in [1.807, 2.05) is 30.3 Å². The number of nitrogens with zero attached hydrogens (tertiary/aromatic N) is 3. The van der Waals surface area contributed by atoms with E-state index in [1.165, 1.54) is 47.4 Å². The number of sulfonamides is 1. The SMILES string of the molecule is O=C(NC1CCCC1)[C@H](Cc1ccccc1)N(Cc1c(Cl)cccc1Cl)C(=O)CN(c1cccc([N+](=O)[O-])c1)S(=O)(=O)c1ccccc1. The molecule has 0 bridgehead atoms. The van der Waals surface area contributed by atoms with E-state index in [2.05, 4.69) is 5.32 Å². The van der Waals surface area contributed by atoms with Crippen molar-refractivity contribution >= 4 is 56.4 Å². The van der Waals surface area contributed by atoms with Crippen LogP contribution in [0.4, 0.5) is 11.4 Å². The van der Waals surface area contributed by atoms with Gasteiger partial charge in [-0.1, -0.05) is 96.7 Å². The smallest absolute Gasteiger partial charge is 0.271 e. The Morgan fingerprint density at radius 1 is 0.875 bits per heavy atom. The summed E-state index contributed by atoms with van der Waals surface area (Å²) in [5, 5.41) is 15.3. The second-order valence-corrected chi connectivity index (χ2v) is 14.2. The van der Waals surface area contributed by atoms with Crippen molar-refractivity contribution in [3.8, 4) is 0 Å². The average molecular weight is 710 g/mol. The molecule has 10 nitrogen and oxygen atoms in total. The van der Waals surface area contributed by atoms with Gasteiger partial charge in [-0.2, -0.15) is 0 Å². The van der Waals surface area contributed by atoms with Gasteiger partial charge in [0.15, 0.2) is 0 Å². The minimum atomic E-state index is -4.43. The van der Waals surface area contributed by atoms with Gasteiger partial charge < -0.3 is 10.2 Å². The van der Waals surface area contributed by atoms with E-state index in [-0.39, 0.29) is 45.3 Å². The third kappa shape index (κ3) is 8.33. The molecule has 0 unspecified atom stereocenters. The number of carbonyl (C=O) groups is 2. The Hall–Kier alpha value is -4.45. The number of non-ortho nitro benzene ring substituents is 1. The quantitative estimate of drug-likeness (QED) is 0.120. The molecule has 1 N–H and O–H groups in total. The monoisotopic (exact) mass is 708 g/mol. The van der Waals surface area contributed by atoms with E-state index in [1.54, 1.807) is 24.3 Å². The lowest BCUT2D eigenvalue weighted by Crippen LogP contribution is -2.54. The van der Waals surface area contributed by atoms with E-state index in [0.717, 1.165) is 41.6 Å². The Labute approximate surface area is 289 Å². The van der Waals surface area contributed by atoms with Gasteiger partial charge in [-0.05, 0) is 48.7 Å². The van der Waals surface area contributed by atoms with E-state index in [4.69, 9.17) is 23.2 Å². The molecular weight excluding hydrogens is 675 g/mol. The van der Waals surface area contributed by atoms with Gasteiger partial charge in [0.05, 0.1) is 15.5 Å². The summed E-state index contributed by atoms with van der Waals surface area (Å²) in [4.78, 5) is 41.0. The molecule has 1 aliphatic rings. The molecule has 5 rings (SSSR count). The molecular formula is C35H34Cl2N4O6S. The van der Waals surface area contributed by atoms with E-state index < -0.39 is 39.3 Å². The zero-order valence-electron chi connectivity index (χ0n) is 25.9. The minimum Gasteiger partial charge on any atom is -0.352 e. The average Bonchev–Trinajstić information content (AvgIpc) is 3.60. The zero-order chi connectivity index (χ0) is 34.3. The number of hydrogen-bond acceptors (Lipinski definition) is 6. The lowest BCUT2D eigenvalue weighted by Gasteiger charge is -2.34. The Balaban J connectivity index is 1.61. The molecule has 0 saturated heterocycles. The summed E-state index contributed by atoms with van der Waals surface area (Å²) in [5.41, 5.74) is 0.714. The van der Waals surface area contributed by atoms with Gasteiger partial charge in [-0.25, -0.2) is 8.42 Å². The number of rotatable bonds is 13. The fourth-order valence-electron chi connectivity index (χ4n) is 5.79. The highest BCUT2D eigenvalue weighted by Crippen LogP contribution is 2.30. The molecule has 250 valence electrons. The Morgan fingerprint density at radius 3 is 2.10 bits per heavy atom. The molecule has 1 atom stereocenters. The predicted octanol–water partition coefficient (Wildman–Crippen LogP) is 6.80. The number of amides is 2. The number of nitrogens with one attached hydrogen (secondary N) is 1. The Bertz CT molecular complexity index is 1850. The second kappa shape index (κ2) is 15.6. The Kier molecular flexibility index (Phi) is 11.4. The van der Waals surface area contributed by atoms with Gasteiger partial charge in [0.1, 0.15) is 12.6 Å². The molecule has 0 spiro atoms. The molecule has 1 aliphatic carbocycles. The molecule has 0 aromatic heterocycles. The summed E-state index contributed by atoms with van der Waals surface area (Å²) < 4.78 is 29.1. The first-order valence-electron chi connectivity index (χ1n) is 15.4. The summed E-state index contributed by atoms with van der Waals surface area (Å²) in [6, 6.07) is 25.5. The van der Waals surface area contributed by atoms with Crippen molar-refractivity contribution in [2.24, 2.45) is 0 Å². The van der Waals surface area contributed by atoms with Crippen LogP contribution in [0.3, 0.4) is 0 Å². The lowest BCUT2D eigenvalue weighted by molar-refractivity contribution is -0.384. The number of nitro groups is 1. The highest BCUT2D eigenvalue weighted by Gasteiger charge is 2.36. The number of carbonyl (C=O) groups excluding carboxylic acids is 2. The van der Waals surface area contributed by atoms with Crippen LogP contribution >= 0.6 is 23.2 Å². The maximum atomic E-state index is 14.6. The first-order chi connectivity index (χ1) is 23.0. The summed E-state index contributed by atoms with van der Waals surface area (Å²) in [5.74, 6) is -1.13. The minimum absolute atomic E-state index is 0.0588. The van der Waals surface area contributed by atoms with Crippen LogP contribution in [0.15, 0.2) is 108 Å². The zero-order valence-corrected chi connectivity index (χ0v) is 28.2. The van der Waals surface area contributed by atoms with Gasteiger partial charge >= 0.3 is 0 Å². The van der Waals surface area contributed by atoms with E-state index in [0.29, 0.717) is 5.56 Å². The van der Waals surface area contributed by atoms with Crippen molar-refractivity contribution in [1.29, 1.82) is 0 Å². The number of anilines is 1. The second-order valence-electron chi connectivity index (χ2n) is 11.5. The maximum absolute atomic E-state index is 14.6. The first-order valence-corrected chi connectivity index (χ1v) is 17.6. The molecule has 1 fully saturated rings. The van der Waals surface area contributed by atoms with Gasteiger partial charge in [-0.3, -0.25) is 24.0 Å². The third-order valence-corrected chi connectivity index (χ3v) is 10.8. The molecule has 48 heavy (non-hydrogen) atoms. The summed E-state index contributed by atoms with van der Waals surface area (Å²) in [6.45, 7) is -0.983. The van der Waals surface area contributed by atoms with Crippen molar-refractivity contribution < 1.29 is 22.9 Å². The maximum Gasteiger partial charge on any atom is 0.271 e. The van der Waals surface area contributed by atoms with Gasteiger partial charge in [0, 0.05) is 46.7 Å². The topological polar surface area (TPSA) is 130 Å². The van der Waals surface area contributed by atoms with Crippen molar-refractivity contribution in [1.82, 2.24) is 10.2 Å². The van der Waals surface area contributed by atoms with Crippen molar-refractivity contribution in [3.63, 3.8) is 0 Å². The molecule has 4 aromatic rings. The molecule has 4 aromatic carbocycles. The molecule has 1 saturated carbocycles. The fourth-order valence-corrected chi connectivity index (χ4v) is 7.73. The highest BCUT2D eigenvalue weighted by atomic mass is 35.5. The summed E-state index contributed by atoms with van der Waals surface area (Å²) in [6.07, 6.45) is 3.69. The van der Waals surface area contributed by atoms with Gasteiger partial charge in [0.2, 0.25) is 11.8 Å². The van der Waals surface area contributed by atoms with Crippen LogP contribution in [0.1, 0.15) is 36.8 Å². The highest BCUT2D eigenvalue weighted by molar-refractivity contribution is 7.92. The largest absolute Gasteiger partial charge is 0.352 e. The lowest BCUT2D eigenvalue weighted by atomic mass is 10.0. The van der Waals surface area contributed by atoms with Crippen molar-refractivity contribution in [3.05, 3.63) is 134 Å². The van der Waals surface area contributed by atoms with Gasteiger partial charge in [0.25, 0.3) is 15.7 Å². The van der Waals surface area contributed by atoms with Crippen LogP contribution in [-0.4, -0.2) is 48.7 Å². The molecule has 0 aliphatic heterocycles.